The second kappa shape index (κ2) is 11.9. The van der Waals surface area contributed by atoms with Gasteiger partial charge in [0.15, 0.2) is 0 Å². The van der Waals surface area contributed by atoms with Crippen LogP contribution in [0.2, 0.25) is 0 Å². The Kier molecular flexibility index (Phi) is 8.40. The number of ether oxygens (including phenoxy) is 1. The number of benzene rings is 3. The molecule has 190 valence electrons. The molecule has 1 N–H and O–H groups in total. The molecule has 37 heavy (non-hydrogen) atoms. The van der Waals surface area contributed by atoms with Crippen molar-refractivity contribution in [1.82, 2.24) is 14.7 Å². The normalized spacial score (nSPS) is 10.7. The van der Waals surface area contributed by atoms with Crippen LogP contribution in [0.4, 0.5) is 5.82 Å². The highest BCUT2D eigenvalue weighted by Gasteiger charge is 2.23. The zero-order valence-electron chi connectivity index (χ0n) is 21.1. The van der Waals surface area contributed by atoms with Crippen molar-refractivity contribution in [3.8, 4) is 22.6 Å². The lowest BCUT2D eigenvalue weighted by molar-refractivity contribution is -0.116. The van der Waals surface area contributed by atoms with Gasteiger partial charge in [-0.25, -0.2) is 4.68 Å². The third-order valence-electron chi connectivity index (χ3n) is 5.88. The standard InChI is InChI=1S/C29H29BrN4O3/c1-4-17-33(29(36)22-11-8-12-23(30)18-22)19-26(35)31-28-27(21-9-6-5-7-10-21)20(2)32-34(28)24-13-15-25(37-3)16-14-24/h5-16,18H,4,17,19H2,1-3H3,(H,31,35). The number of methoxy groups -OCH3 is 1. The predicted molar refractivity (Wildman–Crippen MR) is 149 cm³/mol. The van der Waals surface area contributed by atoms with Crippen LogP contribution < -0.4 is 10.1 Å². The predicted octanol–water partition coefficient (Wildman–Crippen LogP) is 6.11. The van der Waals surface area contributed by atoms with Gasteiger partial charge in [0.2, 0.25) is 5.91 Å². The quantitative estimate of drug-likeness (QED) is 0.268. The third-order valence-corrected chi connectivity index (χ3v) is 6.38. The van der Waals surface area contributed by atoms with Gasteiger partial charge in [0.25, 0.3) is 5.91 Å². The van der Waals surface area contributed by atoms with Crippen LogP contribution in [-0.2, 0) is 4.79 Å². The molecule has 3 aromatic carbocycles. The van der Waals surface area contributed by atoms with Gasteiger partial charge in [-0.3, -0.25) is 9.59 Å². The highest BCUT2D eigenvalue weighted by molar-refractivity contribution is 9.10. The number of halogens is 1. The van der Waals surface area contributed by atoms with E-state index in [4.69, 9.17) is 9.84 Å². The van der Waals surface area contributed by atoms with Crippen molar-refractivity contribution >= 4 is 33.6 Å². The molecule has 0 radical (unpaired) electrons. The second-order valence-electron chi connectivity index (χ2n) is 8.57. The van der Waals surface area contributed by atoms with E-state index in [1.165, 1.54) is 0 Å². The fourth-order valence-electron chi connectivity index (χ4n) is 4.17. The molecule has 0 saturated heterocycles. The van der Waals surface area contributed by atoms with E-state index in [2.05, 4.69) is 21.2 Å². The van der Waals surface area contributed by atoms with Gasteiger partial charge in [-0.05, 0) is 61.4 Å². The highest BCUT2D eigenvalue weighted by atomic mass is 79.9. The lowest BCUT2D eigenvalue weighted by atomic mass is 10.1. The number of hydrogen-bond acceptors (Lipinski definition) is 4. The Morgan fingerprint density at radius 2 is 1.76 bits per heavy atom. The number of nitrogens with one attached hydrogen (secondary N) is 1. The summed E-state index contributed by atoms with van der Waals surface area (Å²) in [6.45, 7) is 4.27. The van der Waals surface area contributed by atoms with Crippen molar-refractivity contribution in [2.45, 2.75) is 20.3 Å². The van der Waals surface area contributed by atoms with Crippen molar-refractivity contribution in [2.75, 3.05) is 25.5 Å². The summed E-state index contributed by atoms with van der Waals surface area (Å²) >= 11 is 3.42. The number of carbonyl (C=O) groups excluding carboxylic acids is 2. The molecule has 0 aliphatic heterocycles. The summed E-state index contributed by atoms with van der Waals surface area (Å²) in [5, 5.41) is 7.81. The summed E-state index contributed by atoms with van der Waals surface area (Å²) in [7, 11) is 1.61. The van der Waals surface area contributed by atoms with Gasteiger partial charge in [0.1, 0.15) is 18.1 Å². The van der Waals surface area contributed by atoms with Crippen LogP contribution in [0.25, 0.3) is 16.8 Å². The monoisotopic (exact) mass is 560 g/mol. The fourth-order valence-corrected chi connectivity index (χ4v) is 4.57. The molecule has 0 bridgehead atoms. The molecule has 0 aliphatic carbocycles. The van der Waals surface area contributed by atoms with Gasteiger partial charge in [-0.2, -0.15) is 5.10 Å². The lowest BCUT2D eigenvalue weighted by Gasteiger charge is -2.22. The molecule has 8 heteroatoms. The van der Waals surface area contributed by atoms with Crippen LogP contribution >= 0.6 is 15.9 Å². The van der Waals surface area contributed by atoms with Gasteiger partial charge < -0.3 is 15.0 Å². The summed E-state index contributed by atoms with van der Waals surface area (Å²) in [5.41, 5.74) is 3.83. The molecule has 0 saturated carbocycles. The number of aryl methyl sites for hydroxylation is 1. The highest BCUT2D eigenvalue weighted by Crippen LogP contribution is 2.33. The summed E-state index contributed by atoms with van der Waals surface area (Å²) in [5.74, 6) is 0.776. The first kappa shape index (κ1) is 26.2. The van der Waals surface area contributed by atoms with Gasteiger partial charge in [0.05, 0.1) is 18.5 Å². The Bertz CT molecular complexity index is 1380. The maximum Gasteiger partial charge on any atom is 0.254 e. The number of nitrogens with zero attached hydrogens (tertiary/aromatic N) is 3. The molecule has 1 aromatic heterocycles. The van der Waals surface area contributed by atoms with E-state index >= 15 is 0 Å². The molecule has 0 atom stereocenters. The fraction of sp³-hybridized carbons (Fsp3) is 0.207. The SMILES string of the molecule is CCCN(CC(=O)Nc1c(-c2ccccc2)c(C)nn1-c1ccc(OC)cc1)C(=O)c1cccc(Br)c1. The van der Waals surface area contributed by atoms with Gasteiger partial charge in [-0.15, -0.1) is 0 Å². The Morgan fingerprint density at radius 1 is 1.03 bits per heavy atom. The minimum absolute atomic E-state index is 0.0831. The number of anilines is 1. The minimum atomic E-state index is -0.302. The first-order valence-electron chi connectivity index (χ1n) is 12.1. The average molecular weight is 561 g/mol. The minimum Gasteiger partial charge on any atom is -0.497 e. The van der Waals surface area contributed by atoms with Crippen LogP contribution in [0.5, 0.6) is 5.75 Å². The molecule has 0 fully saturated rings. The molecule has 0 unspecified atom stereocenters. The molecular weight excluding hydrogens is 532 g/mol. The zero-order chi connectivity index (χ0) is 26.4. The smallest absolute Gasteiger partial charge is 0.254 e. The average Bonchev–Trinajstić information content (AvgIpc) is 3.23. The number of rotatable bonds is 9. The maximum atomic E-state index is 13.4. The van der Waals surface area contributed by atoms with Crippen molar-refractivity contribution in [3.05, 3.63) is 94.6 Å². The maximum absolute atomic E-state index is 13.4. The first-order chi connectivity index (χ1) is 17.9. The number of hydrogen-bond donors (Lipinski definition) is 1. The molecular formula is C29H29BrN4O3. The first-order valence-corrected chi connectivity index (χ1v) is 12.8. The molecule has 2 amide bonds. The van der Waals surface area contributed by atoms with Crippen molar-refractivity contribution < 1.29 is 14.3 Å². The Morgan fingerprint density at radius 3 is 2.41 bits per heavy atom. The van der Waals surface area contributed by atoms with E-state index in [-0.39, 0.29) is 18.4 Å². The Labute approximate surface area is 225 Å². The summed E-state index contributed by atoms with van der Waals surface area (Å²) in [6, 6.07) is 24.5. The molecule has 7 nitrogen and oxygen atoms in total. The van der Waals surface area contributed by atoms with Gasteiger partial charge in [-0.1, -0.05) is 59.3 Å². The Balaban J connectivity index is 1.68. The van der Waals surface area contributed by atoms with E-state index in [0.29, 0.717) is 17.9 Å². The van der Waals surface area contributed by atoms with Gasteiger partial charge >= 0.3 is 0 Å². The number of carbonyl (C=O) groups is 2. The van der Waals surface area contributed by atoms with Crippen LogP contribution in [0.15, 0.2) is 83.3 Å². The summed E-state index contributed by atoms with van der Waals surface area (Å²) in [6.07, 6.45) is 0.727. The summed E-state index contributed by atoms with van der Waals surface area (Å²) in [4.78, 5) is 28.2. The Hall–Kier alpha value is -3.91. The molecule has 0 aliphatic rings. The topological polar surface area (TPSA) is 76.5 Å². The van der Waals surface area contributed by atoms with E-state index in [1.807, 2.05) is 80.6 Å². The molecule has 4 rings (SSSR count). The van der Waals surface area contributed by atoms with Crippen molar-refractivity contribution in [3.63, 3.8) is 0 Å². The molecule has 1 heterocycles. The van der Waals surface area contributed by atoms with E-state index in [9.17, 15) is 9.59 Å². The number of amides is 2. The summed E-state index contributed by atoms with van der Waals surface area (Å²) < 4.78 is 7.82. The van der Waals surface area contributed by atoms with Crippen LogP contribution in [-0.4, -0.2) is 46.7 Å². The number of aromatic nitrogens is 2. The van der Waals surface area contributed by atoms with E-state index in [1.54, 1.807) is 28.8 Å². The van der Waals surface area contributed by atoms with E-state index in [0.717, 1.165) is 39.2 Å². The third kappa shape index (κ3) is 6.09. The molecule has 4 aromatic rings. The zero-order valence-corrected chi connectivity index (χ0v) is 22.7. The van der Waals surface area contributed by atoms with Crippen molar-refractivity contribution in [1.29, 1.82) is 0 Å². The van der Waals surface area contributed by atoms with Crippen molar-refractivity contribution in [2.24, 2.45) is 0 Å². The van der Waals surface area contributed by atoms with Crippen LogP contribution in [0.3, 0.4) is 0 Å². The largest absolute Gasteiger partial charge is 0.497 e. The second-order valence-corrected chi connectivity index (χ2v) is 9.49. The lowest BCUT2D eigenvalue weighted by Crippen LogP contribution is -2.38. The molecule has 0 spiro atoms. The van der Waals surface area contributed by atoms with Crippen LogP contribution in [0, 0.1) is 6.92 Å². The van der Waals surface area contributed by atoms with Gasteiger partial charge in [0, 0.05) is 22.1 Å². The van der Waals surface area contributed by atoms with E-state index < -0.39 is 0 Å². The van der Waals surface area contributed by atoms with Crippen LogP contribution in [0.1, 0.15) is 29.4 Å².